The molecule has 0 radical (unpaired) electrons. The molecule has 1 aromatic heterocycles. The summed E-state index contributed by atoms with van der Waals surface area (Å²) in [4.78, 5) is 33.7. The SMILES string of the molecule is CCc1cc2c(C)cc(=O)oc2c(CN2CCCCCC2)c1O.O=C(O)C(O)C(O)C(=O)O. The molecule has 3 rings (SSSR count). The maximum atomic E-state index is 11.8. The number of hydrogen-bond donors (Lipinski definition) is 5. The Kier molecular flexibility index (Phi) is 9.39. The number of aliphatic carboxylic acids is 2. The molecule has 0 aliphatic carbocycles. The molecule has 1 aliphatic heterocycles. The van der Waals surface area contributed by atoms with Crippen LogP contribution in [0.2, 0.25) is 0 Å². The number of carboxylic acids is 2. The standard InChI is InChI=1S/C19H25NO3.C4H6O6/c1-3-14-11-15-13(2)10-17(21)23-19(15)16(18(14)22)12-20-8-6-4-5-7-9-20;5-1(3(7)8)2(6)4(9)10/h10-11,22H,3-9,12H2,1-2H3;1-2,5-6H,(H,7,8)(H,9,10). The van der Waals surface area contributed by atoms with E-state index in [-0.39, 0.29) is 11.4 Å². The molecule has 1 fully saturated rings. The first-order valence-electron chi connectivity index (χ1n) is 10.9. The molecule has 1 aromatic carbocycles. The number of aryl methyl sites for hydroxylation is 2. The van der Waals surface area contributed by atoms with Crippen LogP contribution >= 0.6 is 0 Å². The van der Waals surface area contributed by atoms with Crippen molar-refractivity contribution in [2.45, 2.75) is 64.7 Å². The number of phenolic OH excluding ortho intramolecular Hbond substituents is 1. The van der Waals surface area contributed by atoms with Crippen LogP contribution in [0.25, 0.3) is 11.0 Å². The van der Waals surface area contributed by atoms with Gasteiger partial charge in [-0.1, -0.05) is 19.8 Å². The highest BCUT2D eigenvalue weighted by atomic mass is 16.4. The Morgan fingerprint density at radius 2 is 1.58 bits per heavy atom. The minimum absolute atomic E-state index is 0.290. The van der Waals surface area contributed by atoms with Gasteiger partial charge in [-0.2, -0.15) is 0 Å². The first-order valence-corrected chi connectivity index (χ1v) is 10.9. The van der Waals surface area contributed by atoms with Gasteiger partial charge in [-0.3, -0.25) is 4.90 Å². The van der Waals surface area contributed by atoms with Gasteiger partial charge in [0.15, 0.2) is 12.2 Å². The average molecular weight is 465 g/mol. The number of aliphatic hydroxyl groups excluding tert-OH is 2. The maximum Gasteiger partial charge on any atom is 0.336 e. The number of nitrogens with zero attached hydrogens (tertiary/aromatic N) is 1. The summed E-state index contributed by atoms with van der Waals surface area (Å²) in [6.45, 7) is 6.67. The van der Waals surface area contributed by atoms with Crippen LogP contribution in [0.4, 0.5) is 0 Å². The highest BCUT2D eigenvalue weighted by molar-refractivity contribution is 5.86. The first-order chi connectivity index (χ1) is 15.6. The Morgan fingerprint density at radius 1 is 1.03 bits per heavy atom. The van der Waals surface area contributed by atoms with E-state index < -0.39 is 24.1 Å². The lowest BCUT2D eigenvalue weighted by atomic mass is 9.99. The molecule has 0 amide bonds. The van der Waals surface area contributed by atoms with Gasteiger partial charge in [-0.15, -0.1) is 0 Å². The molecule has 10 heteroatoms. The third-order valence-corrected chi connectivity index (χ3v) is 5.66. The summed E-state index contributed by atoms with van der Waals surface area (Å²) in [5.41, 5.74) is 2.79. The van der Waals surface area contributed by atoms with Crippen LogP contribution in [0.3, 0.4) is 0 Å². The number of aliphatic hydroxyl groups is 2. The predicted molar refractivity (Wildman–Crippen MR) is 119 cm³/mol. The van der Waals surface area contributed by atoms with E-state index >= 15 is 0 Å². The zero-order valence-corrected chi connectivity index (χ0v) is 18.8. The molecule has 10 nitrogen and oxygen atoms in total. The number of carboxylic acid groups (broad SMARTS) is 2. The van der Waals surface area contributed by atoms with Gasteiger partial charge in [0.1, 0.15) is 11.3 Å². The van der Waals surface area contributed by atoms with Gasteiger partial charge in [0.2, 0.25) is 0 Å². The van der Waals surface area contributed by atoms with Crippen molar-refractivity contribution in [2.24, 2.45) is 0 Å². The quantitative estimate of drug-likeness (QED) is 0.395. The normalized spacial score (nSPS) is 16.4. The number of benzene rings is 1. The minimum Gasteiger partial charge on any atom is -0.507 e. The number of likely N-dealkylation sites (tertiary alicyclic amines) is 1. The number of aromatic hydroxyl groups is 1. The van der Waals surface area contributed by atoms with Crippen molar-refractivity contribution in [1.29, 1.82) is 0 Å². The van der Waals surface area contributed by atoms with Crippen molar-refractivity contribution in [3.05, 3.63) is 39.2 Å². The number of hydrogen-bond acceptors (Lipinski definition) is 8. The second kappa shape index (κ2) is 11.8. The Morgan fingerprint density at radius 3 is 2.06 bits per heavy atom. The molecule has 2 unspecified atom stereocenters. The van der Waals surface area contributed by atoms with Gasteiger partial charge in [-0.05, 0) is 56.5 Å². The molecule has 1 saturated heterocycles. The molecular formula is C23H31NO9. The lowest BCUT2D eigenvalue weighted by Crippen LogP contribution is -2.39. The molecule has 5 N–H and O–H groups in total. The number of fused-ring (bicyclic) bond motifs is 1. The second-order valence-electron chi connectivity index (χ2n) is 8.10. The van der Waals surface area contributed by atoms with Gasteiger partial charge in [0, 0.05) is 18.0 Å². The molecule has 2 aromatic rings. The number of carbonyl (C=O) groups is 2. The van der Waals surface area contributed by atoms with Crippen molar-refractivity contribution in [1.82, 2.24) is 4.90 Å². The molecular weight excluding hydrogens is 434 g/mol. The second-order valence-corrected chi connectivity index (χ2v) is 8.10. The van der Waals surface area contributed by atoms with Crippen LogP contribution in [0, 0.1) is 6.92 Å². The van der Waals surface area contributed by atoms with Crippen molar-refractivity contribution in [3.8, 4) is 5.75 Å². The maximum absolute atomic E-state index is 11.8. The molecule has 182 valence electrons. The van der Waals surface area contributed by atoms with Crippen LogP contribution in [0.1, 0.15) is 49.3 Å². The molecule has 0 spiro atoms. The van der Waals surface area contributed by atoms with Crippen LogP contribution in [-0.2, 0) is 22.6 Å². The highest BCUT2D eigenvalue weighted by Gasteiger charge is 2.29. The van der Waals surface area contributed by atoms with Crippen LogP contribution in [-0.4, -0.2) is 67.7 Å². The fraction of sp³-hybridized carbons (Fsp3) is 0.522. The van der Waals surface area contributed by atoms with E-state index in [2.05, 4.69) is 4.90 Å². The zero-order valence-electron chi connectivity index (χ0n) is 18.8. The van der Waals surface area contributed by atoms with E-state index in [0.29, 0.717) is 12.1 Å². The lowest BCUT2D eigenvalue weighted by Gasteiger charge is -2.22. The summed E-state index contributed by atoms with van der Waals surface area (Å²) in [7, 11) is 0. The summed E-state index contributed by atoms with van der Waals surface area (Å²) in [6, 6.07) is 3.48. The van der Waals surface area contributed by atoms with Crippen molar-refractivity contribution < 1.29 is 39.5 Å². The fourth-order valence-corrected chi connectivity index (χ4v) is 3.77. The largest absolute Gasteiger partial charge is 0.507 e. The minimum atomic E-state index is -2.27. The number of rotatable bonds is 6. The Bertz CT molecular complexity index is 1020. The molecule has 1 aliphatic rings. The average Bonchev–Trinajstić information content (AvgIpc) is 3.03. The highest BCUT2D eigenvalue weighted by Crippen LogP contribution is 2.34. The monoisotopic (exact) mass is 465 g/mol. The van der Waals surface area contributed by atoms with E-state index in [1.165, 1.54) is 31.7 Å². The summed E-state index contributed by atoms with van der Waals surface area (Å²) in [6.07, 6.45) is 1.14. The van der Waals surface area contributed by atoms with Crippen molar-refractivity contribution in [2.75, 3.05) is 13.1 Å². The summed E-state index contributed by atoms with van der Waals surface area (Å²) < 4.78 is 5.48. The molecule has 2 heterocycles. The van der Waals surface area contributed by atoms with E-state index in [9.17, 15) is 19.5 Å². The van der Waals surface area contributed by atoms with Crippen molar-refractivity contribution >= 4 is 22.9 Å². The van der Waals surface area contributed by atoms with Crippen LogP contribution in [0.5, 0.6) is 5.75 Å². The third-order valence-electron chi connectivity index (χ3n) is 5.66. The summed E-state index contributed by atoms with van der Waals surface area (Å²) >= 11 is 0. The molecule has 33 heavy (non-hydrogen) atoms. The number of phenols is 1. The van der Waals surface area contributed by atoms with Crippen LogP contribution in [0.15, 0.2) is 21.3 Å². The van der Waals surface area contributed by atoms with Crippen molar-refractivity contribution in [3.63, 3.8) is 0 Å². The van der Waals surface area contributed by atoms with Gasteiger partial charge in [0.05, 0.1) is 5.56 Å². The van der Waals surface area contributed by atoms with E-state index in [0.717, 1.165) is 41.6 Å². The third kappa shape index (κ3) is 6.77. The first kappa shape index (κ1) is 26.3. The van der Waals surface area contributed by atoms with E-state index in [1.54, 1.807) is 0 Å². The lowest BCUT2D eigenvalue weighted by molar-refractivity contribution is -0.165. The smallest absolute Gasteiger partial charge is 0.336 e. The Labute approximate surface area is 190 Å². The van der Waals surface area contributed by atoms with Gasteiger partial charge in [0.25, 0.3) is 0 Å². The zero-order chi connectivity index (χ0) is 24.7. The molecule has 0 bridgehead atoms. The fourth-order valence-electron chi connectivity index (χ4n) is 3.77. The van der Waals surface area contributed by atoms with Crippen LogP contribution < -0.4 is 5.63 Å². The van der Waals surface area contributed by atoms with E-state index in [4.69, 9.17) is 24.8 Å². The molecule has 0 saturated carbocycles. The predicted octanol–water partition coefficient (Wildman–Crippen LogP) is 1.62. The summed E-state index contributed by atoms with van der Waals surface area (Å²) in [5, 5.41) is 44.1. The molecule has 2 atom stereocenters. The Balaban J connectivity index is 0.000000328. The van der Waals surface area contributed by atoms with Gasteiger partial charge < -0.3 is 29.9 Å². The van der Waals surface area contributed by atoms with Gasteiger partial charge in [-0.25, -0.2) is 14.4 Å². The topological polar surface area (TPSA) is 169 Å². The van der Waals surface area contributed by atoms with Gasteiger partial charge >= 0.3 is 17.6 Å². The van der Waals surface area contributed by atoms with E-state index in [1.807, 2.05) is 19.9 Å². The Hall–Kier alpha value is -2.95. The summed E-state index contributed by atoms with van der Waals surface area (Å²) in [5.74, 6) is -3.25.